The summed E-state index contributed by atoms with van der Waals surface area (Å²) >= 11 is 0. The molecule has 84 valence electrons. The van der Waals surface area contributed by atoms with E-state index in [0.29, 0.717) is 6.54 Å². The lowest BCUT2D eigenvalue weighted by Gasteiger charge is -2.31. The Morgan fingerprint density at radius 3 is 2.40 bits per heavy atom. The summed E-state index contributed by atoms with van der Waals surface area (Å²) in [7, 11) is 0. The van der Waals surface area contributed by atoms with Crippen molar-refractivity contribution in [2.75, 3.05) is 13.1 Å². The van der Waals surface area contributed by atoms with Gasteiger partial charge in [-0.05, 0) is 26.2 Å². The molecular weight excluding hydrogens is 188 g/mol. The summed E-state index contributed by atoms with van der Waals surface area (Å²) in [6.45, 7) is 4.90. The van der Waals surface area contributed by atoms with Gasteiger partial charge in [-0.2, -0.15) is 5.26 Å². The molecule has 1 saturated carbocycles. The quantitative estimate of drug-likeness (QED) is 0.665. The Morgan fingerprint density at radius 2 is 2.00 bits per heavy atom. The van der Waals surface area contributed by atoms with Crippen LogP contribution in [0.1, 0.15) is 46.0 Å². The molecule has 1 aliphatic rings. The first kappa shape index (κ1) is 12.0. The van der Waals surface area contributed by atoms with Crippen LogP contribution in [0.4, 0.5) is 0 Å². The van der Waals surface area contributed by atoms with Crippen LogP contribution in [0.25, 0.3) is 0 Å². The lowest BCUT2D eigenvalue weighted by atomic mass is 9.82. The minimum Gasteiger partial charge on any atom is -0.329 e. The van der Waals surface area contributed by atoms with Crippen molar-refractivity contribution in [3.8, 4) is 6.07 Å². The fourth-order valence-corrected chi connectivity index (χ4v) is 2.52. The van der Waals surface area contributed by atoms with Crippen LogP contribution in [0.15, 0.2) is 0 Å². The van der Waals surface area contributed by atoms with E-state index in [9.17, 15) is 4.79 Å². The second kappa shape index (κ2) is 5.16. The van der Waals surface area contributed by atoms with E-state index in [-0.39, 0.29) is 17.9 Å². The first-order valence-corrected chi connectivity index (χ1v) is 5.86. The molecule has 0 spiro atoms. The molecule has 0 atom stereocenters. The zero-order valence-corrected chi connectivity index (χ0v) is 9.75. The van der Waals surface area contributed by atoms with Gasteiger partial charge in [0.25, 0.3) is 0 Å². The van der Waals surface area contributed by atoms with E-state index >= 15 is 0 Å². The molecule has 3 heteroatoms. The number of nitrogens with zero attached hydrogens (tertiary/aromatic N) is 2. The number of carbonyl (C=O) groups is 1. The lowest BCUT2D eigenvalue weighted by molar-refractivity contribution is -0.141. The zero-order valence-electron chi connectivity index (χ0n) is 9.75. The smallest absolute Gasteiger partial charge is 0.229 e. The molecule has 0 aromatic carbocycles. The van der Waals surface area contributed by atoms with Crippen molar-refractivity contribution in [1.82, 2.24) is 4.90 Å². The number of hydrogen-bond donors (Lipinski definition) is 0. The highest BCUT2D eigenvalue weighted by Crippen LogP contribution is 2.42. The van der Waals surface area contributed by atoms with Crippen molar-refractivity contribution in [3.63, 3.8) is 0 Å². The van der Waals surface area contributed by atoms with Crippen LogP contribution in [0, 0.1) is 16.7 Å². The SMILES string of the molecule is CCN(CC#N)C(=O)C1(CC)CCCC1. The molecule has 0 heterocycles. The van der Waals surface area contributed by atoms with Gasteiger partial charge in [0.1, 0.15) is 6.54 Å². The number of rotatable bonds is 4. The maximum Gasteiger partial charge on any atom is 0.229 e. The van der Waals surface area contributed by atoms with Crippen LogP contribution in [-0.4, -0.2) is 23.9 Å². The summed E-state index contributed by atoms with van der Waals surface area (Å²) in [5.41, 5.74) is -0.146. The first-order chi connectivity index (χ1) is 7.20. The van der Waals surface area contributed by atoms with Gasteiger partial charge < -0.3 is 4.90 Å². The minimum atomic E-state index is -0.146. The Labute approximate surface area is 92.1 Å². The van der Waals surface area contributed by atoms with Gasteiger partial charge in [-0.25, -0.2) is 0 Å². The summed E-state index contributed by atoms with van der Waals surface area (Å²) < 4.78 is 0. The molecule has 1 amide bonds. The zero-order chi connectivity index (χ0) is 11.3. The molecule has 1 fully saturated rings. The topological polar surface area (TPSA) is 44.1 Å². The van der Waals surface area contributed by atoms with E-state index in [1.54, 1.807) is 4.90 Å². The first-order valence-electron chi connectivity index (χ1n) is 5.86. The van der Waals surface area contributed by atoms with Gasteiger partial charge in [-0.1, -0.05) is 19.8 Å². The predicted molar refractivity (Wildman–Crippen MR) is 59.1 cm³/mol. The van der Waals surface area contributed by atoms with Gasteiger partial charge in [0, 0.05) is 12.0 Å². The molecule has 1 aliphatic carbocycles. The van der Waals surface area contributed by atoms with Crippen molar-refractivity contribution in [2.45, 2.75) is 46.0 Å². The highest BCUT2D eigenvalue weighted by Gasteiger charge is 2.41. The molecule has 0 unspecified atom stereocenters. The van der Waals surface area contributed by atoms with Crippen LogP contribution in [0.3, 0.4) is 0 Å². The Kier molecular flexibility index (Phi) is 4.14. The molecule has 0 saturated heterocycles. The molecule has 1 rings (SSSR count). The number of amides is 1. The minimum absolute atomic E-state index is 0.146. The molecular formula is C12H20N2O. The van der Waals surface area contributed by atoms with Crippen LogP contribution in [0.2, 0.25) is 0 Å². The highest BCUT2D eigenvalue weighted by molar-refractivity contribution is 5.83. The standard InChI is InChI=1S/C12H20N2O/c1-3-12(7-5-6-8-12)11(15)14(4-2)10-9-13/h3-8,10H2,1-2H3. The summed E-state index contributed by atoms with van der Waals surface area (Å²) in [6.07, 6.45) is 5.23. The van der Waals surface area contributed by atoms with Crippen molar-refractivity contribution >= 4 is 5.91 Å². The maximum absolute atomic E-state index is 12.3. The van der Waals surface area contributed by atoms with Gasteiger partial charge in [0.15, 0.2) is 0 Å². The number of nitriles is 1. The third-order valence-corrected chi connectivity index (χ3v) is 3.62. The molecule has 0 aliphatic heterocycles. The Hall–Kier alpha value is -1.04. The molecule has 0 N–H and O–H groups in total. The molecule has 0 radical (unpaired) electrons. The normalized spacial score (nSPS) is 18.5. The van der Waals surface area contributed by atoms with Crippen molar-refractivity contribution in [3.05, 3.63) is 0 Å². The van der Waals surface area contributed by atoms with Crippen LogP contribution in [-0.2, 0) is 4.79 Å². The van der Waals surface area contributed by atoms with Crippen molar-refractivity contribution in [2.24, 2.45) is 5.41 Å². The second-order valence-corrected chi connectivity index (χ2v) is 4.32. The largest absolute Gasteiger partial charge is 0.329 e. The number of carbonyl (C=O) groups excluding carboxylic acids is 1. The Balaban J connectivity index is 2.75. The van der Waals surface area contributed by atoms with Crippen molar-refractivity contribution in [1.29, 1.82) is 5.26 Å². The van der Waals surface area contributed by atoms with Gasteiger partial charge in [0.2, 0.25) is 5.91 Å². The van der Waals surface area contributed by atoms with E-state index in [0.717, 1.165) is 32.1 Å². The fraction of sp³-hybridized carbons (Fsp3) is 0.833. The van der Waals surface area contributed by atoms with E-state index in [4.69, 9.17) is 5.26 Å². The number of hydrogen-bond acceptors (Lipinski definition) is 2. The molecule has 0 bridgehead atoms. The Bertz CT molecular complexity index is 261. The highest BCUT2D eigenvalue weighted by atomic mass is 16.2. The van der Waals surface area contributed by atoms with Gasteiger partial charge in [-0.3, -0.25) is 4.79 Å². The predicted octanol–water partition coefficient (Wildman–Crippen LogP) is 2.33. The van der Waals surface area contributed by atoms with E-state index in [2.05, 4.69) is 13.0 Å². The summed E-state index contributed by atoms with van der Waals surface area (Å²) in [4.78, 5) is 14.0. The molecule has 0 aromatic rings. The van der Waals surface area contributed by atoms with Crippen LogP contribution >= 0.6 is 0 Å². The summed E-state index contributed by atoms with van der Waals surface area (Å²) in [5, 5.41) is 8.67. The second-order valence-electron chi connectivity index (χ2n) is 4.32. The molecule has 0 aromatic heterocycles. The Morgan fingerprint density at radius 1 is 1.40 bits per heavy atom. The van der Waals surface area contributed by atoms with Crippen LogP contribution < -0.4 is 0 Å². The van der Waals surface area contributed by atoms with E-state index in [1.165, 1.54) is 0 Å². The van der Waals surface area contributed by atoms with Crippen molar-refractivity contribution < 1.29 is 4.79 Å². The monoisotopic (exact) mass is 208 g/mol. The van der Waals surface area contributed by atoms with Gasteiger partial charge in [-0.15, -0.1) is 0 Å². The maximum atomic E-state index is 12.3. The third-order valence-electron chi connectivity index (χ3n) is 3.62. The average Bonchev–Trinajstić information content (AvgIpc) is 2.74. The van der Waals surface area contributed by atoms with E-state index in [1.807, 2.05) is 6.92 Å². The molecule has 3 nitrogen and oxygen atoms in total. The van der Waals surface area contributed by atoms with E-state index < -0.39 is 0 Å². The lowest BCUT2D eigenvalue weighted by Crippen LogP contribution is -2.42. The third kappa shape index (κ3) is 2.31. The van der Waals surface area contributed by atoms with Crippen LogP contribution in [0.5, 0.6) is 0 Å². The average molecular weight is 208 g/mol. The van der Waals surface area contributed by atoms with Gasteiger partial charge >= 0.3 is 0 Å². The van der Waals surface area contributed by atoms with Gasteiger partial charge in [0.05, 0.1) is 6.07 Å². The molecule has 15 heavy (non-hydrogen) atoms. The summed E-state index contributed by atoms with van der Waals surface area (Å²) in [6, 6.07) is 2.07. The summed E-state index contributed by atoms with van der Waals surface area (Å²) in [5.74, 6) is 0.201. The fourth-order valence-electron chi connectivity index (χ4n) is 2.52.